The van der Waals surface area contributed by atoms with Crippen LogP contribution in [0.1, 0.15) is 23.2 Å². The molecule has 4 nitrogen and oxygen atoms in total. The minimum atomic E-state index is -0.936. The lowest BCUT2D eigenvalue weighted by atomic mass is 10.1. The van der Waals surface area contributed by atoms with E-state index in [9.17, 15) is 9.90 Å². The van der Waals surface area contributed by atoms with Gasteiger partial charge >= 0.3 is 5.97 Å². The predicted molar refractivity (Wildman–Crippen MR) is 82.7 cm³/mol. The molecule has 2 aromatic rings. The van der Waals surface area contributed by atoms with Crippen LogP contribution in [-0.2, 0) is 0 Å². The van der Waals surface area contributed by atoms with Crippen molar-refractivity contribution < 1.29 is 9.90 Å². The zero-order chi connectivity index (χ0) is 13.9. The van der Waals surface area contributed by atoms with Crippen LogP contribution in [0, 0.1) is 0 Å². The highest BCUT2D eigenvalue weighted by Crippen LogP contribution is 2.24. The van der Waals surface area contributed by atoms with Crippen molar-refractivity contribution in [2.45, 2.75) is 18.9 Å². The number of carbonyl (C=O) groups is 1. The van der Waals surface area contributed by atoms with Crippen molar-refractivity contribution in [2.75, 3.05) is 16.8 Å². The Balaban J connectivity index is 1.98. The number of carboxylic acids is 1. The normalized spacial score (nSPS) is 18.9. The van der Waals surface area contributed by atoms with E-state index in [4.69, 9.17) is 0 Å². The maximum absolute atomic E-state index is 11.4. The van der Waals surface area contributed by atoms with E-state index in [2.05, 4.69) is 10.3 Å². The molecule has 2 heterocycles. The molecule has 1 aromatic carbocycles. The summed E-state index contributed by atoms with van der Waals surface area (Å²) >= 11 is 1.90. The fourth-order valence-electron chi connectivity index (χ4n) is 2.44. The summed E-state index contributed by atoms with van der Waals surface area (Å²) in [5.41, 5.74) is 1.07. The zero-order valence-corrected chi connectivity index (χ0v) is 11.8. The number of nitrogens with one attached hydrogen (secondary N) is 1. The third kappa shape index (κ3) is 2.72. The van der Waals surface area contributed by atoms with Crippen molar-refractivity contribution in [1.29, 1.82) is 0 Å². The maximum Gasteiger partial charge on any atom is 0.339 e. The molecule has 0 bridgehead atoms. The van der Waals surface area contributed by atoms with Crippen molar-refractivity contribution in [3.05, 3.63) is 35.9 Å². The van der Waals surface area contributed by atoms with Crippen LogP contribution in [0.3, 0.4) is 0 Å². The largest absolute Gasteiger partial charge is 0.478 e. The van der Waals surface area contributed by atoms with E-state index in [1.165, 1.54) is 5.75 Å². The van der Waals surface area contributed by atoms with Gasteiger partial charge in [0.1, 0.15) is 11.4 Å². The standard InChI is InChI=1S/C15H16N2O2S/c18-15(19)12-8-10-4-1-2-6-13(10)17-14(12)16-11-5-3-7-20-9-11/h1-2,4,6,8,11H,3,5,7,9H2,(H,16,17)(H,18,19). The van der Waals surface area contributed by atoms with Crippen molar-refractivity contribution in [3.63, 3.8) is 0 Å². The fourth-order valence-corrected chi connectivity index (χ4v) is 3.51. The van der Waals surface area contributed by atoms with E-state index < -0.39 is 5.97 Å². The number of pyridine rings is 1. The van der Waals surface area contributed by atoms with Crippen LogP contribution in [0.2, 0.25) is 0 Å². The first-order chi connectivity index (χ1) is 9.74. The van der Waals surface area contributed by atoms with E-state index >= 15 is 0 Å². The molecule has 3 rings (SSSR count). The van der Waals surface area contributed by atoms with Crippen LogP contribution >= 0.6 is 11.8 Å². The highest BCUT2D eigenvalue weighted by atomic mass is 32.2. The first-order valence-corrected chi connectivity index (χ1v) is 7.87. The van der Waals surface area contributed by atoms with E-state index in [1.54, 1.807) is 6.07 Å². The molecule has 1 aromatic heterocycles. The Kier molecular flexibility index (Phi) is 3.78. The Morgan fingerprint density at radius 1 is 1.40 bits per heavy atom. The van der Waals surface area contributed by atoms with Gasteiger partial charge in [-0.2, -0.15) is 11.8 Å². The second-order valence-corrected chi connectivity index (χ2v) is 6.09. The number of hydrogen-bond donors (Lipinski definition) is 2. The SMILES string of the molecule is O=C(O)c1cc2ccccc2nc1NC1CCCSC1. The molecule has 0 spiro atoms. The third-order valence-electron chi connectivity index (χ3n) is 3.46. The summed E-state index contributed by atoms with van der Waals surface area (Å²) in [6.07, 6.45) is 2.24. The summed E-state index contributed by atoms with van der Waals surface area (Å²) in [4.78, 5) is 15.9. The fraction of sp³-hybridized carbons (Fsp3) is 0.333. The molecule has 0 saturated carbocycles. The van der Waals surface area contributed by atoms with Crippen molar-refractivity contribution in [3.8, 4) is 0 Å². The monoisotopic (exact) mass is 288 g/mol. The molecule has 1 unspecified atom stereocenters. The molecule has 104 valence electrons. The van der Waals surface area contributed by atoms with Gasteiger partial charge in [-0.3, -0.25) is 0 Å². The lowest BCUT2D eigenvalue weighted by Gasteiger charge is -2.23. The Labute approximate surface area is 121 Å². The number of para-hydroxylation sites is 1. The summed E-state index contributed by atoms with van der Waals surface area (Å²) in [6.45, 7) is 0. The van der Waals surface area contributed by atoms with Crippen molar-refractivity contribution in [1.82, 2.24) is 4.98 Å². The van der Waals surface area contributed by atoms with Crippen LogP contribution in [0.15, 0.2) is 30.3 Å². The van der Waals surface area contributed by atoms with Gasteiger partial charge in [-0.05, 0) is 30.7 Å². The number of nitrogens with zero attached hydrogens (tertiary/aromatic N) is 1. The van der Waals surface area contributed by atoms with E-state index in [1.807, 2.05) is 36.0 Å². The van der Waals surface area contributed by atoms with E-state index in [0.29, 0.717) is 11.9 Å². The number of anilines is 1. The van der Waals surface area contributed by atoms with Crippen molar-refractivity contribution >= 4 is 34.5 Å². The average Bonchev–Trinajstić information content (AvgIpc) is 2.47. The van der Waals surface area contributed by atoms with Crippen LogP contribution in [0.25, 0.3) is 10.9 Å². The van der Waals surface area contributed by atoms with Crippen molar-refractivity contribution in [2.24, 2.45) is 0 Å². The number of aromatic nitrogens is 1. The first-order valence-electron chi connectivity index (χ1n) is 6.71. The Hall–Kier alpha value is -1.75. The molecule has 5 heteroatoms. The maximum atomic E-state index is 11.4. The predicted octanol–water partition coefficient (Wildman–Crippen LogP) is 3.24. The summed E-state index contributed by atoms with van der Waals surface area (Å²) in [5.74, 6) is 1.75. The second kappa shape index (κ2) is 5.71. The van der Waals surface area contributed by atoms with Crippen LogP contribution in [0.5, 0.6) is 0 Å². The molecule has 1 aliphatic heterocycles. The number of hydrogen-bond acceptors (Lipinski definition) is 4. The van der Waals surface area contributed by atoms with Gasteiger partial charge in [-0.15, -0.1) is 0 Å². The lowest BCUT2D eigenvalue weighted by Crippen LogP contribution is -2.27. The smallest absolute Gasteiger partial charge is 0.339 e. The summed E-state index contributed by atoms with van der Waals surface area (Å²) in [7, 11) is 0. The van der Waals surface area contributed by atoms with E-state index in [-0.39, 0.29) is 5.56 Å². The second-order valence-electron chi connectivity index (χ2n) is 4.94. The minimum absolute atomic E-state index is 0.249. The third-order valence-corrected chi connectivity index (χ3v) is 4.67. The quantitative estimate of drug-likeness (QED) is 0.908. The van der Waals surface area contributed by atoms with Crippen LogP contribution in [0.4, 0.5) is 5.82 Å². The molecule has 1 atom stereocenters. The average molecular weight is 288 g/mol. The van der Waals surface area contributed by atoms with Gasteiger partial charge < -0.3 is 10.4 Å². The molecule has 0 aliphatic carbocycles. The topological polar surface area (TPSA) is 62.2 Å². The summed E-state index contributed by atoms with van der Waals surface area (Å²) in [6, 6.07) is 9.59. The Bertz CT molecular complexity index is 639. The first kappa shape index (κ1) is 13.2. The molecule has 1 aliphatic rings. The van der Waals surface area contributed by atoms with Gasteiger partial charge in [-0.1, -0.05) is 18.2 Å². The summed E-state index contributed by atoms with van der Waals surface area (Å²) < 4.78 is 0. The number of carboxylic acid groups (broad SMARTS) is 1. The molecule has 2 N–H and O–H groups in total. The van der Waals surface area contributed by atoms with E-state index in [0.717, 1.165) is 29.5 Å². The highest BCUT2D eigenvalue weighted by Gasteiger charge is 2.18. The van der Waals surface area contributed by atoms with Crippen LogP contribution in [-0.4, -0.2) is 33.6 Å². The van der Waals surface area contributed by atoms with Gasteiger partial charge in [-0.25, -0.2) is 9.78 Å². The lowest BCUT2D eigenvalue weighted by molar-refractivity contribution is 0.0697. The number of benzene rings is 1. The zero-order valence-electron chi connectivity index (χ0n) is 11.0. The Morgan fingerprint density at radius 3 is 3.00 bits per heavy atom. The molecular formula is C15H16N2O2S. The molecule has 20 heavy (non-hydrogen) atoms. The van der Waals surface area contributed by atoms with Crippen LogP contribution < -0.4 is 5.32 Å². The van der Waals surface area contributed by atoms with Gasteiger partial charge in [0.25, 0.3) is 0 Å². The van der Waals surface area contributed by atoms with Gasteiger partial charge in [0.2, 0.25) is 0 Å². The molecule has 0 amide bonds. The van der Waals surface area contributed by atoms with Gasteiger partial charge in [0.05, 0.1) is 5.52 Å². The highest BCUT2D eigenvalue weighted by molar-refractivity contribution is 7.99. The number of rotatable bonds is 3. The Morgan fingerprint density at radius 2 is 2.25 bits per heavy atom. The molecular weight excluding hydrogens is 272 g/mol. The number of fused-ring (bicyclic) bond motifs is 1. The summed E-state index contributed by atoms with van der Waals surface area (Å²) in [5, 5.41) is 13.5. The molecule has 0 radical (unpaired) electrons. The van der Waals surface area contributed by atoms with Gasteiger partial charge in [0.15, 0.2) is 0 Å². The molecule has 1 fully saturated rings. The number of thioether (sulfide) groups is 1. The minimum Gasteiger partial charge on any atom is -0.478 e. The van der Waals surface area contributed by atoms with Gasteiger partial charge in [0, 0.05) is 17.2 Å². The number of aromatic carboxylic acids is 1. The molecule has 1 saturated heterocycles.